The molecule has 0 unspecified atom stereocenters. The van der Waals surface area contributed by atoms with Crippen LogP contribution in [0, 0.1) is 0 Å². The molecule has 2 aromatic rings. The zero-order valence-electron chi connectivity index (χ0n) is 11.0. The number of rotatable bonds is 6. The van der Waals surface area contributed by atoms with Crippen molar-refractivity contribution in [3.8, 4) is 0 Å². The summed E-state index contributed by atoms with van der Waals surface area (Å²) in [6.07, 6.45) is 0. The number of hydrogen-bond acceptors (Lipinski definition) is 5. The van der Waals surface area contributed by atoms with Gasteiger partial charge in [-0.15, -0.1) is 0 Å². The molecule has 0 atom stereocenters. The van der Waals surface area contributed by atoms with Crippen molar-refractivity contribution < 1.29 is 17.9 Å². The highest BCUT2D eigenvalue weighted by Crippen LogP contribution is 2.16. The number of aliphatic hydroxyl groups excluding tert-OH is 1. The zero-order valence-corrected chi connectivity index (χ0v) is 11.8. The van der Waals surface area contributed by atoms with Crippen LogP contribution in [0.15, 0.2) is 45.9 Å². The van der Waals surface area contributed by atoms with Gasteiger partial charge in [0.05, 0.1) is 13.2 Å². The Morgan fingerprint density at radius 3 is 2.45 bits per heavy atom. The molecular formula is C13H16N2O4S. The number of benzene rings is 1. The number of nitrogens with one attached hydrogen (secondary N) is 2. The van der Waals surface area contributed by atoms with Gasteiger partial charge in [0.15, 0.2) is 0 Å². The van der Waals surface area contributed by atoms with Crippen molar-refractivity contribution in [2.45, 2.75) is 18.2 Å². The molecule has 0 radical (unpaired) electrons. The number of hydrogen-bond donors (Lipinski definition) is 3. The Bertz CT molecular complexity index is 662. The molecular weight excluding hydrogens is 280 g/mol. The summed E-state index contributed by atoms with van der Waals surface area (Å²) in [7, 11) is -2.21. The second-order valence-electron chi connectivity index (χ2n) is 4.14. The summed E-state index contributed by atoms with van der Waals surface area (Å²) in [6, 6.07) is 10.3. The third-order valence-corrected chi connectivity index (χ3v) is 4.06. The van der Waals surface area contributed by atoms with E-state index in [9.17, 15) is 8.42 Å². The van der Waals surface area contributed by atoms with Crippen LogP contribution in [0.25, 0.3) is 0 Å². The van der Waals surface area contributed by atoms with Gasteiger partial charge in [-0.2, -0.15) is 0 Å². The fourth-order valence-corrected chi connectivity index (χ4v) is 2.28. The van der Waals surface area contributed by atoms with Gasteiger partial charge in [-0.05, 0) is 36.9 Å². The summed E-state index contributed by atoms with van der Waals surface area (Å²) in [5.41, 5.74) is 1.69. The van der Waals surface area contributed by atoms with Crippen molar-refractivity contribution in [1.29, 1.82) is 0 Å². The summed E-state index contributed by atoms with van der Waals surface area (Å²) in [5, 5.41) is 11.9. The van der Waals surface area contributed by atoms with Crippen LogP contribution in [0.3, 0.4) is 0 Å². The van der Waals surface area contributed by atoms with E-state index in [-0.39, 0.29) is 11.7 Å². The third kappa shape index (κ3) is 3.38. The molecule has 1 aromatic carbocycles. The second-order valence-corrected chi connectivity index (χ2v) is 5.95. The van der Waals surface area contributed by atoms with E-state index in [0.29, 0.717) is 12.3 Å². The first-order valence-corrected chi connectivity index (χ1v) is 7.49. The van der Waals surface area contributed by atoms with Crippen LogP contribution in [0.1, 0.15) is 11.3 Å². The lowest BCUT2D eigenvalue weighted by molar-refractivity contribution is 0.282. The van der Waals surface area contributed by atoms with Crippen LogP contribution >= 0.6 is 0 Å². The van der Waals surface area contributed by atoms with E-state index < -0.39 is 10.0 Å². The first-order chi connectivity index (χ1) is 9.55. The van der Waals surface area contributed by atoms with Gasteiger partial charge in [0.1, 0.15) is 5.76 Å². The predicted octanol–water partition coefficient (Wildman–Crippen LogP) is 1.29. The van der Waals surface area contributed by atoms with Gasteiger partial charge >= 0.3 is 0 Å². The molecule has 0 saturated heterocycles. The van der Waals surface area contributed by atoms with Gasteiger partial charge in [-0.25, -0.2) is 13.1 Å². The first-order valence-electron chi connectivity index (χ1n) is 6.01. The van der Waals surface area contributed by atoms with Crippen LogP contribution in [0.4, 0.5) is 5.69 Å². The molecule has 0 amide bonds. The fraction of sp³-hybridized carbons (Fsp3) is 0.231. The van der Waals surface area contributed by atoms with Crippen molar-refractivity contribution in [2.75, 3.05) is 12.4 Å². The van der Waals surface area contributed by atoms with E-state index in [1.165, 1.54) is 13.1 Å². The Labute approximate surface area is 117 Å². The topological polar surface area (TPSA) is 91.6 Å². The fourth-order valence-electron chi connectivity index (χ4n) is 1.62. The zero-order chi connectivity index (χ0) is 14.6. The largest absolute Gasteiger partial charge is 0.446 e. The molecule has 3 N–H and O–H groups in total. The molecule has 1 heterocycles. The minimum atomic E-state index is -3.54. The number of furan rings is 1. The first kappa shape index (κ1) is 14.6. The minimum absolute atomic E-state index is 0.00367. The quantitative estimate of drug-likeness (QED) is 0.747. The second kappa shape index (κ2) is 6.08. The molecule has 7 heteroatoms. The molecule has 0 bridgehead atoms. The van der Waals surface area contributed by atoms with Crippen LogP contribution in [0.5, 0.6) is 0 Å². The molecule has 108 valence electrons. The Morgan fingerprint density at radius 2 is 1.85 bits per heavy atom. The molecule has 0 aliphatic heterocycles. The summed E-state index contributed by atoms with van der Waals surface area (Å²) < 4.78 is 30.5. The molecule has 2 rings (SSSR count). The van der Waals surface area contributed by atoms with E-state index in [1.54, 1.807) is 18.2 Å². The average molecular weight is 296 g/mol. The highest BCUT2D eigenvalue weighted by atomic mass is 32.2. The van der Waals surface area contributed by atoms with E-state index in [0.717, 1.165) is 11.3 Å². The Balaban J connectivity index is 2.00. The van der Waals surface area contributed by atoms with E-state index in [1.807, 2.05) is 12.1 Å². The van der Waals surface area contributed by atoms with Crippen LogP contribution in [0.2, 0.25) is 0 Å². The van der Waals surface area contributed by atoms with Crippen molar-refractivity contribution in [3.05, 3.63) is 47.7 Å². The Morgan fingerprint density at radius 1 is 1.15 bits per heavy atom. The monoisotopic (exact) mass is 296 g/mol. The van der Waals surface area contributed by atoms with E-state index >= 15 is 0 Å². The number of aliphatic hydroxyl groups is 1. The van der Waals surface area contributed by atoms with Crippen molar-refractivity contribution >= 4 is 15.7 Å². The van der Waals surface area contributed by atoms with Gasteiger partial charge < -0.3 is 14.8 Å². The lowest BCUT2D eigenvalue weighted by Crippen LogP contribution is -2.17. The summed E-state index contributed by atoms with van der Waals surface area (Å²) >= 11 is 0. The Kier molecular flexibility index (Phi) is 4.43. The molecule has 6 nitrogen and oxygen atoms in total. The lowest BCUT2D eigenvalue weighted by atomic mass is 10.2. The van der Waals surface area contributed by atoms with E-state index in [4.69, 9.17) is 9.52 Å². The van der Waals surface area contributed by atoms with Gasteiger partial charge in [0.25, 0.3) is 10.0 Å². The third-order valence-electron chi connectivity index (χ3n) is 2.77. The maximum atomic E-state index is 11.5. The number of sulfonamides is 1. The van der Waals surface area contributed by atoms with Crippen molar-refractivity contribution in [1.82, 2.24) is 4.72 Å². The summed E-state index contributed by atoms with van der Waals surface area (Å²) in [5.74, 6) is 0.519. The molecule has 0 aliphatic rings. The van der Waals surface area contributed by atoms with Gasteiger partial charge in [0, 0.05) is 5.69 Å². The molecule has 0 saturated carbocycles. The lowest BCUT2D eigenvalue weighted by Gasteiger charge is -2.05. The molecule has 1 aromatic heterocycles. The van der Waals surface area contributed by atoms with Gasteiger partial charge in [-0.3, -0.25) is 0 Å². The maximum absolute atomic E-state index is 11.5. The minimum Gasteiger partial charge on any atom is -0.446 e. The maximum Gasteiger partial charge on any atom is 0.273 e. The van der Waals surface area contributed by atoms with Crippen molar-refractivity contribution in [3.63, 3.8) is 0 Å². The molecule has 20 heavy (non-hydrogen) atoms. The van der Waals surface area contributed by atoms with Gasteiger partial charge in [-0.1, -0.05) is 12.1 Å². The van der Waals surface area contributed by atoms with Crippen LogP contribution in [-0.2, 0) is 23.2 Å². The summed E-state index contributed by atoms with van der Waals surface area (Å²) in [6.45, 7) is 0.376. The van der Waals surface area contributed by atoms with Crippen LogP contribution in [-0.4, -0.2) is 20.6 Å². The molecule has 0 aliphatic carbocycles. The van der Waals surface area contributed by atoms with Crippen LogP contribution < -0.4 is 10.0 Å². The van der Waals surface area contributed by atoms with Gasteiger partial charge in [0.2, 0.25) is 5.09 Å². The highest BCUT2D eigenvalue weighted by Gasteiger charge is 2.15. The normalized spacial score (nSPS) is 11.5. The van der Waals surface area contributed by atoms with Crippen molar-refractivity contribution in [2.24, 2.45) is 0 Å². The average Bonchev–Trinajstić information content (AvgIpc) is 2.95. The smallest absolute Gasteiger partial charge is 0.273 e. The predicted molar refractivity (Wildman–Crippen MR) is 74.6 cm³/mol. The highest BCUT2D eigenvalue weighted by molar-refractivity contribution is 7.89. The standard InChI is InChI=1S/C13H16N2O4S/c1-14-20(17,18)13-7-6-12(19-13)8-15-11-4-2-10(9-16)3-5-11/h2-7,14-16H,8-9H2,1H3. The Hall–Kier alpha value is -1.83. The molecule has 0 spiro atoms. The van der Waals surface area contributed by atoms with E-state index in [2.05, 4.69) is 10.0 Å². The number of anilines is 1. The SMILES string of the molecule is CNS(=O)(=O)c1ccc(CNc2ccc(CO)cc2)o1. The molecule has 0 fully saturated rings. The summed E-state index contributed by atoms with van der Waals surface area (Å²) in [4.78, 5) is 0.